The zero-order valence-electron chi connectivity index (χ0n) is 17.8. The summed E-state index contributed by atoms with van der Waals surface area (Å²) in [6.45, 7) is 4.41. The zero-order chi connectivity index (χ0) is 20.5. The molecule has 0 aliphatic carbocycles. The standard InChI is InChI=1S/C26H33O3/c1-3-5-7-12-18-22-25(29-26(22)27)24-20(14-9-6-4-2)15-13-19-23(24)28-21-16-10-8-11-17-21/h8,10-11,13,16-17,19,22,25H,3-7,9,12,14,18H2,1-2H3/t22-,25+/m1/s1. The molecule has 0 bridgehead atoms. The molecule has 3 rings (SSSR count). The maximum atomic E-state index is 12.2. The molecule has 0 amide bonds. The minimum absolute atomic E-state index is 0.0642. The van der Waals surface area contributed by atoms with Crippen molar-refractivity contribution in [1.29, 1.82) is 0 Å². The van der Waals surface area contributed by atoms with Crippen LogP contribution in [0.4, 0.5) is 0 Å². The minimum atomic E-state index is -0.211. The fraction of sp³-hybridized carbons (Fsp3) is 0.500. The maximum Gasteiger partial charge on any atom is 0.313 e. The maximum absolute atomic E-state index is 12.2. The van der Waals surface area contributed by atoms with E-state index in [1.54, 1.807) is 0 Å². The number of cyclic esters (lactones) is 1. The fourth-order valence-corrected chi connectivity index (χ4v) is 3.98. The summed E-state index contributed by atoms with van der Waals surface area (Å²) in [6, 6.07) is 17.1. The van der Waals surface area contributed by atoms with Crippen molar-refractivity contribution in [2.24, 2.45) is 5.92 Å². The Morgan fingerprint density at radius 1 is 0.966 bits per heavy atom. The second-order valence-corrected chi connectivity index (χ2v) is 7.92. The Balaban J connectivity index is 1.83. The van der Waals surface area contributed by atoms with Gasteiger partial charge in [0.05, 0.1) is 5.92 Å². The van der Waals surface area contributed by atoms with Crippen molar-refractivity contribution in [3.63, 3.8) is 0 Å². The summed E-state index contributed by atoms with van der Waals surface area (Å²) in [5.41, 5.74) is 2.15. The van der Waals surface area contributed by atoms with E-state index >= 15 is 0 Å². The number of benzene rings is 2. The van der Waals surface area contributed by atoms with Gasteiger partial charge in [-0.25, -0.2) is 0 Å². The molecule has 0 spiro atoms. The summed E-state index contributed by atoms with van der Waals surface area (Å²) in [5, 5.41) is 0. The normalized spacial score (nSPS) is 18.2. The molecule has 1 fully saturated rings. The third-order valence-electron chi connectivity index (χ3n) is 5.65. The number of carbonyl (C=O) groups excluding carboxylic acids is 1. The molecule has 3 heteroatoms. The van der Waals surface area contributed by atoms with Gasteiger partial charge < -0.3 is 9.47 Å². The van der Waals surface area contributed by atoms with Gasteiger partial charge in [0, 0.05) is 5.56 Å². The Hall–Kier alpha value is -2.29. The zero-order valence-corrected chi connectivity index (χ0v) is 17.8. The van der Waals surface area contributed by atoms with E-state index in [9.17, 15) is 4.79 Å². The van der Waals surface area contributed by atoms with Crippen LogP contribution in [0, 0.1) is 12.0 Å². The molecule has 0 aromatic heterocycles. The summed E-state index contributed by atoms with van der Waals surface area (Å²) >= 11 is 0. The summed E-state index contributed by atoms with van der Waals surface area (Å²) in [7, 11) is 0. The highest BCUT2D eigenvalue weighted by Crippen LogP contribution is 2.46. The molecule has 0 unspecified atom stereocenters. The number of para-hydroxylation sites is 1. The Morgan fingerprint density at radius 2 is 1.72 bits per heavy atom. The molecule has 29 heavy (non-hydrogen) atoms. The van der Waals surface area contributed by atoms with Crippen molar-refractivity contribution < 1.29 is 14.3 Å². The van der Waals surface area contributed by atoms with Gasteiger partial charge in [0.15, 0.2) is 0 Å². The lowest BCUT2D eigenvalue weighted by molar-refractivity contribution is -0.186. The predicted molar refractivity (Wildman–Crippen MR) is 116 cm³/mol. The van der Waals surface area contributed by atoms with E-state index in [4.69, 9.17) is 9.47 Å². The highest BCUT2D eigenvalue weighted by atomic mass is 16.6. The second kappa shape index (κ2) is 11.0. The van der Waals surface area contributed by atoms with Crippen LogP contribution in [-0.2, 0) is 16.0 Å². The lowest BCUT2D eigenvalue weighted by Gasteiger charge is -2.37. The molecule has 3 nitrogen and oxygen atoms in total. The van der Waals surface area contributed by atoms with E-state index in [-0.39, 0.29) is 18.0 Å². The molecular formula is C26H33O3. The van der Waals surface area contributed by atoms with Crippen LogP contribution < -0.4 is 4.74 Å². The molecule has 0 saturated carbocycles. The van der Waals surface area contributed by atoms with Crippen molar-refractivity contribution in [3.05, 3.63) is 59.7 Å². The van der Waals surface area contributed by atoms with Crippen LogP contribution >= 0.6 is 0 Å². The van der Waals surface area contributed by atoms with Crippen molar-refractivity contribution in [3.8, 4) is 11.5 Å². The summed E-state index contributed by atoms with van der Waals surface area (Å²) < 4.78 is 11.9. The summed E-state index contributed by atoms with van der Waals surface area (Å²) in [4.78, 5) is 12.2. The number of hydrogen-bond donors (Lipinski definition) is 0. The molecule has 1 heterocycles. The first-order chi connectivity index (χ1) is 14.2. The topological polar surface area (TPSA) is 35.5 Å². The van der Waals surface area contributed by atoms with Gasteiger partial charge >= 0.3 is 5.97 Å². The quantitative estimate of drug-likeness (QED) is 0.283. The Morgan fingerprint density at radius 3 is 2.45 bits per heavy atom. The molecule has 1 radical (unpaired) electrons. The van der Waals surface area contributed by atoms with Crippen molar-refractivity contribution >= 4 is 5.97 Å². The lowest BCUT2D eigenvalue weighted by Crippen LogP contribution is -2.39. The Labute approximate surface area is 175 Å². The third-order valence-corrected chi connectivity index (χ3v) is 5.65. The van der Waals surface area contributed by atoms with E-state index in [2.05, 4.69) is 19.9 Å². The number of hydrogen-bond acceptors (Lipinski definition) is 3. The van der Waals surface area contributed by atoms with Crippen molar-refractivity contribution in [1.82, 2.24) is 0 Å². The number of aryl methyl sites for hydroxylation is 1. The van der Waals surface area contributed by atoms with E-state index in [0.29, 0.717) is 0 Å². The molecule has 2 aromatic rings. The van der Waals surface area contributed by atoms with Crippen molar-refractivity contribution in [2.75, 3.05) is 0 Å². The van der Waals surface area contributed by atoms with Crippen LogP contribution in [0.3, 0.4) is 0 Å². The van der Waals surface area contributed by atoms with Gasteiger partial charge in [-0.1, -0.05) is 76.6 Å². The highest BCUT2D eigenvalue weighted by Gasteiger charge is 2.45. The van der Waals surface area contributed by atoms with Gasteiger partial charge in [0.1, 0.15) is 17.6 Å². The average Bonchev–Trinajstić information content (AvgIpc) is 2.73. The number of carbonyl (C=O) groups is 1. The monoisotopic (exact) mass is 393 g/mol. The first-order valence-electron chi connectivity index (χ1n) is 11.2. The van der Waals surface area contributed by atoms with Gasteiger partial charge in [-0.2, -0.15) is 0 Å². The van der Waals surface area contributed by atoms with E-state index < -0.39 is 0 Å². The lowest BCUT2D eigenvalue weighted by atomic mass is 9.83. The molecule has 1 aliphatic heterocycles. The van der Waals surface area contributed by atoms with Gasteiger partial charge in [0.25, 0.3) is 0 Å². The molecular weight excluding hydrogens is 360 g/mol. The number of unbranched alkanes of at least 4 members (excludes halogenated alkanes) is 5. The molecule has 2 atom stereocenters. The van der Waals surface area contributed by atoms with Crippen molar-refractivity contribution in [2.45, 2.75) is 77.7 Å². The first kappa shape index (κ1) is 21.4. The fourth-order valence-electron chi connectivity index (χ4n) is 3.98. The van der Waals surface area contributed by atoms with E-state index in [1.807, 2.05) is 42.5 Å². The van der Waals surface area contributed by atoms with Crippen LogP contribution in [0.25, 0.3) is 0 Å². The van der Waals surface area contributed by atoms with E-state index in [0.717, 1.165) is 48.3 Å². The number of rotatable bonds is 12. The minimum Gasteiger partial charge on any atom is -0.457 e. The predicted octanol–water partition coefficient (Wildman–Crippen LogP) is 7.20. The Bertz CT molecular complexity index is 769. The largest absolute Gasteiger partial charge is 0.457 e. The van der Waals surface area contributed by atoms with E-state index in [1.165, 1.54) is 32.1 Å². The van der Waals surface area contributed by atoms with Gasteiger partial charge in [-0.15, -0.1) is 0 Å². The van der Waals surface area contributed by atoms with Gasteiger partial charge in [0.2, 0.25) is 0 Å². The van der Waals surface area contributed by atoms with Crippen LogP contribution in [0.2, 0.25) is 0 Å². The van der Waals surface area contributed by atoms with Crippen LogP contribution in [0.5, 0.6) is 11.5 Å². The smallest absolute Gasteiger partial charge is 0.313 e. The summed E-state index contributed by atoms with van der Waals surface area (Å²) in [6.07, 6.45) is 9.73. The third kappa shape index (κ3) is 5.62. The molecule has 0 N–H and O–H groups in total. The number of esters is 1. The molecule has 1 saturated heterocycles. The van der Waals surface area contributed by atoms with Crippen LogP contribution in [0.1, 0.15) is 82.4 Å². The van der Waals surface area contributed by atoms with Crippen LogP contribution in [-0.4, -0.2) is 5.97 Å². The van der Waals surface area contributed by atoms with Crippen LogP contribution in [0.15, 0.2) is 42.5 Å². The second-order valence-electron chi connectivity index (χ2n) is 7.92. The SMILES string of the molecule is CCCCCC[C@H]1C(=O)O[C@@H]1c1c(CCCCC)[c]ccc1Oc1ccccc1. The molecule has 155 valence electrons. The van der Waals surface area contributed by atoms with Gasteiger partial charge in [-0.3, -0.25) is 4.79 Å². The first-order valence-corrected chi connectivity index (χ1v) is 11.2. The molecule has 2 aromatic carbocycles. The molecule has 1 aliphatic rings. The number of ether oxygens (including phenoxy) is 2. The average molecular weight is 394 g/mol. The van der Waals surface area contributed by atoms with Gasteiger partial charge in [-0.05, 0) is 49.1 Å². The summed E-state index contributed by atoms with van der Waals surface area (Å²) in [5.74, 6) is 1.45. The highest BCUT2D eigenvalue weighted by molar-refractivity contribution is 5.79. The Kier molecular flexibility index (Phi) is 8.15.